The molecule has 2 heterocycles. The number of halogens is 5. The fraction of sp³-hybridized carbons (Fsp3) is 0.238. The molecule has 1 aromatic heterocycles. The first-order valence-corrected chi connectivity index (χ1v) is 10.2. The minimum atomic E-state index is -4.76. The summed E-state index contributed by atoms with van der Waals surface area (Å²) in [5.41, 5.74) is -0.497. The lowest BCUT2D eigenvalue weighted by atomic mass is 10.1. The van der Waals surface area contributed by atoms with Gasteiger partial charge in [-0.1, -0.05) is 29.3 Å². The van der Waals surface area contributed by atoms with Crippen molar-refractivity contribution in [1.29, 1.82) is 0 Å². The van der Waals surface area contributed by atoms with Crippen LogP contribution in [0.15, 0.2) is 54.7 Å². The van der Waals surface area contributed by atoms with Gasteiger partial charge in [-0.25, -0.2) is 4.68 Å². The highest BCUT2D eigenvalue weighted by Crippen LogP contribution is 2.34. The van der Waals surface area contributed by atoms with Gasteiger partial charge in [0.15, 0.2) is 5.69 Å². The summed E-state index contributed by atoms with van der Waals surface area (Å²) in [6.45, 7) is 1.54. The largest absolute Gasteiger partial charge is 0.434 e. The zero-order chi connectivity index (χ0) is 22.2. The molecule has 3 aromatic rings. The van der Waals surface area contributed by atoms with Crippen LogP contribution in [0, 0.1) is 0 Å². The van der Waals surface area contributed by atoms with E-state index in [4.69, 9.17) is 23.2 Å². The maximum Gasteiger partial charge on any atom is 0.434 e. The second-order valence-electron chi connectivity index (χ2n) is 7.05. The third kappa shape index (κ3) is 4.50. The van der Waals surface area contributed by atoms with Crippen LogP contribution < -0.4 is 4.90 Å². The van der Waals surface area contributed by atoms with Crippen LogP contribution in [0.4, 0.5) is 18.9 Å². The molecular weight excluding hydrogens is 452 g/mol. The maximum absolute atomic E-state index is 13.9. The molecule has 0 radical (unpaired) electrons. The van der Waals surface area contributed by atoms with Crippen molar-refractivity contribution in [1.82, 2.24) is 14.7 Å². The average Bonchev–Trinajstić information content (AvgIpc) is 3.20. The molecule has 2 aromatic carbocycles. The maximum atomic E-state index is 13.9. The highest BCUT2D eigenvalue weighted by molar-refractivity contribution is 6.31. The van der Waals surface area contributed by atoms with Crippen LogP contribution in [0.1, 0.15) is 16.1 Å². The molecule has 0 spiro atoms. The monoisotopic (exact) mass is 468 g/mol. The van der Waals surface area contributed by atoms with Gasteiger partial charge in [-0.15, -0.1) is 0 Å². The predicted octanol–water partition coefficient (Wildman–Crippen LogP) is 5.16. The molecule has 1 aliphatic rings. The molecule has 10 heteroatoms. The number of hydrogen-bond donors (Lipinski definition) is 0. The third-order valence-electron chi connectivity index (χ3n) is 5.08. The minimum Gasteiger partial charge on any atom is -0.368 e. The Kier molecular flexibility index (Phi) is 5.85. The molecule has 31 heavy (non-hydrogen) atoms. The van der Waals surface area contributed by atoms with E-state index in [9.17, 15) is 18.0 Å². The Morgan fingerprint density at radius 1 is 0.903 bits per heavy atom. The number of nitrogens with zero attached hydrogens (tertiary/aromatic N) is 4. The lowest BCUT2D eigenvalue weighted by Gasteiger charge is -2.36. The lowest BCUT2D eigenvalue weighted by molar-refractivity contribution is -0.143. The van der Waals surface area contributed by atoms with Crippen molar-refractivity contribution < 1.29 is 18.0 Å². The first kappa shape index (κ1) is 21.5. The van der Waals surface area contributed by atoms with Crippen LogP contribution in [0.2, 0.25) is 10.0 Å². The average molecular weight is 469 g/mol. The lowest BCUT2D eigenvalue weighted by Crippen LogP contribution is -2.49. The van der Waals surface area contributed by atoms with E-state index in [1.807, 2.05) is 23.1 Å². The van der Waals surface area contributed by atoms with Crippen molar-refractivity contribution in [3.05, 3.63) is 76.0 Å². The van der Waals surface area contributed by atoms with Crippen molar-refractivity contribution >= 4 is 34.8 Å². The SMILES string of the molecule is O=C(c1cnn(-c2ccc(Cl)cc2)c1C(F)(F)F)N1CCN(c2cccc(Cl)c2)CC1. The summed E-state index contributed by atoms with van der Waals surface area (Å²) in [4.78, 5) is 16.4. The van der Waals surface area contributed by atoms with Gasteiger partial charge in [0.2, 0.25) is 0 Å². The Hall–Kier alpha value is -2.71. The Bertz CT molecular complexity index is 1090. The van der Waals surface area contributed by atoms with Gasteiger partial charge in [0, 0.05) is 41.9 Å². The quantitative estimate of drug-likeness (QED) is 0.532. The van der Waals surface area contributed by atoms with Crippen molar-refractivity contribution in [2.45, 2.75) is 6.18 Å². The number of rotatable bonds is 3. The topological polar surface area (TPSA) is 41.4 Å². The molecule has 0 N–H and O–H groups in total. The third-order valence-corrected chi connectivity index (χ3v) is 5.57. The van der Waals surface area contributed by atoms with Crippen LogP contribution in [0.5, 0.6) is 0 Å². The molecule has 4 rings (SSSR count). The van der Waals surface area contributed by atoms with E-state index in [0.717, 1.165) is 16.6 Å². The van der Waals surface area contributed by atoms with Crippen LogP contribution >= 0.6 is 23.2 Å². The van der Waals surface area contributed by atoms with Crippen molar-refractivity contribution in [2.75, 3.05) is 31.1 Å². The summed E-state index contributed by atoms with van der Waals surface area (Å²) in [5.74, 6) is -0.696. The summed E-state index contributed by atoms with van der Waals surface area (Å²) < 4.78 is 42.4. The van der Waals surface area contributed by atoms with Gasteiger partial charge in [0.05, 0.1) is 17.4 Å². The summed E-state index contributed by atoms with van der Waals surface area (Å²) in [7, 11) is 0. The highest BCUT2D eigenvalue weighted by atomic mass is 35.5. The standard InChI is InChI=1S/C21H17Cl2F3N4O/c22-14-4-6-16(7-5-14)30-19(21(24,25)26)18(13-27-30)20(31)29-10-8-28(9-11-29)17-3-1-2-15(23)12-17/h1-7,12-13H,8-11H2. The second kappa shape index (κ2) is 8.43. The zero-order valence-corrected chi connectivity index (χ0v) is 17.6. The van der Waals surface area contributed by atoms with Crippen LogP contribution in [-0.4, -0.2) is 46.8 Å². The molecule has 0 saturated carbocycles. The number of alkyl halides is 3. The molecule has 1 aliphatic heterocycles. The van der Waals surface area contributed by atoms with E-state index in [1.165, 1.54) is 29.2 Å². The Morgan fingerprint density at radius 2 is 1.58 bits per heavy atom. The van der Waals surface area contributed by atoms with Crippen molar-refractivity contribution in [2.24, 2.45) is 0 Å². The molecule has 0 unspecified atom stereocenters. The van der Waals surface area contributed by atoms with E-state index >= 15 is 0 Å². The number of benzene rings is 2. The van der Waals surface area contributed by atoms with Gasteiger partial charge in [0.25, 0.3) is 5.91 Å². The van der Waals surface area contributed by atoms with Gasteiger partial charge < -0.3 is 9.80 Å². The number of anilines is 1. The van der Waals surface area contributed by atoms with Crippen LogP contribution in [0.25, 0.3) is 5.69 Å². The Labute approximate surface area is 186 Å². The van der Waals surface area contributed by atoms with E-state index in [-0.39, 0.29) is 18.8 Å². The molecule has 1 fully saturated rings. The van der Waals surface area contributed by atoms with Crippen molar-refractivity contribution in [3.8, 4) is 5.69 Å². The number of carbonyl (C=O) groups excluding carboxylic acids is 1. The number of piperazine rings is 1. The number of carbonyl (C=O) groups is 1. The number of amides is 1. The van der Waals surface area contributed by atoms with E-state index < -0.39 is 23.3 Å². The van der Waals surface area contributed by atoms with Gasteiger partial charge in [0.1, 0.15) is 0 Å². The number of hydrogen-bond acceptors (Lipinski definition) is 3. The Morgan fingerprint density at radius 3 is 2.19 bits per heavy atom. The molecule has 162 valence electrons. The summed E-state index contributed by atoms with van der Waals surface area (Å²) in [6, 6.07) is 13.1. The van der Waals surface area contributed by atoms with Gasteiger partial charge in [-0.3, -0.25) is 4.79 Å². The molecular formula is C21H17Cl2F3N4O. The van der Waals surface area contributed by atoms with E-state index in [0.29, 0.717) is 23.1 Å². The normalized spacial score (nSPS) is 14.7. The van der Waals surface area contributed by atoms with E-state index in [2.05, 4.69) is 5.10 Å². The predicted molar refractivity (Wildman–Crippen MR) is 113 cm³/mol. The fourth-order valence-corrected chi connectivity index (χ4v) is 3.88. The zero-order valence-electron chi connectivity index (χ0n) is 16.1. The van der Waals surface area contributed by atoms with Gasteiger partial charge in [-0.2, -0.15) is 18.3 Å². The first-order chi connectivity index (χ1) is 14.7. The molecule has 1 amide bonds. The highest BCUT2D eigenvalue weighted by Gasteiger charge is 2.41. The summed E-state index contributed by atoms with van der Waals surface area (Å²) in [6.07, 6.45) is -3.78. The van der Waals surface area contributed by atoms with E-state index in [1.54, 1.807) is 6.07 Å². The molecule has 0 atom stereocenters. The molecule has 1 saturated heterocycles. The molecule has 5 nitrogen and oxygen atoms in total. The fourth-order valence-electron chi connectivity index (χ4n) is 3.57. The summed E-state index contributed by atoms with van der Waals surface area (Å²) >= 11 is 11.9. The second-order valence-corrected chi connectivity index (χ2v) is 7.92. The first-order valence-electron chi connectivity index (χ1n) is 9.45. The summed E-state index contributed by atoms with van der Waals surface area (Å²) in [5, 5.41) is 4.84. The molecule has 0 bridgehead atoms. The number of aromatic nitrogens is 2. The van der Waals surface area contributed by atoms with Crippen molar-refractivity contribution in [3.63, 3.8) is 0 Å². The van der Waals surface area contributed by atoms with Crippen LogP contribution in [0.3, 0.4) is 0 Å². The van der Waals surface area contributed by atoms with Gasteiger partial charge in [-0.05, 0) is 42.5 Å². The Balaban J connectivity index is 1.57. The van der Waals surface area contributed by atoms with Gasteiger partial charge >= 0.3 is 6.18 Å². The van der Waals surface area contributed by atoms with Crippen LogP contribution in [-0.2, 0) is 6.18 Å². The minimum absolute atomic E-state index is 0.168. The smallest absolute Gasteiger partial charge is 0.368 e. The molecule has 0 aliphatic carbocycles.